The number of benzene rings is 1. The van der Waals surface area contributed by atoms with E-state index in [4.69, 9.17) is 5.26 Å². The molecule has 0 saturated heterocycles. The second kappa shape index (κ2) is 3.83. The van der Waals surface area contributed by atoms with Crippen LogP contribution in [-0.2, 0) is 19.3 Å². The highest BCUT2D eigenvalue weighted by atomic mass is 15.2. The lowest BCUT2D eigenvalue weighted by molar-refractivity contribution is 0.718. The van der Waals surface area contributed by atoms with Crippen molar-refractivity contribution in [3.8, 4) is 6.07 Å². The van der Waals surface area contributed by atoms with Gasteiger partial charge in [0, 0.05) is 25.2 Å². The minimum Gasteiger partial charge on any atom is -0.371 e. The lowest BCUT2D eigenvalue weighted by Crippen LogP contribution is -2.26. The predicted molar refractivity (Wildman–Crippen MR) is 64.6 cm³/mol. The largest absolute Gasteiger partial charge is 0.371 e. The highest BCUT2D eigenvalue weighted by Crippen LogP contribution is 2.36. The average Bonchev–Trinajstić information content (AvgIpc) is 2.72. The van der Waals surface area contributed by atoms with E-state index in [-0.39, 0.29) is 0 Å². The van der Waals surface area contributed by atoms with Crippen molar-refractivity contribution in [2.75, 3.05) is 18.0 Å². The van der Waals surface area contributed by atoms with Gasteiger partial charge in [-0.3, -0.25) is 0 Å². The highest BCUT2D eigenvalue weighted by molar-refractivity contribution is 5.65. The van der Waals surface area contributed by atoms with Gasteiger partial charge in [0.1, 0.15) is 0 Å². The van der Waals surface area contributed by atoms with E-state index < -0.39 is 0 Å². The third-order valence-electron chi connectivity index (χ3n) is 3.69. The summed E-state index contributed by atoms with van der Waals surface area (Å²) in [7, 11) is 0. The van der Waals surface area contributed by atoms with Crippen molar-refractivity contribution >= 4 is 5.69 Å². The van der Waals surface area contributed by atoms with Crippen LogP contribution in [0.3, 0.4) is 0 Å². The number of nitrogens with zero attached hydrogens (tertiary/aromatic N) is 2. The maximum atomic E-state index is 8.64. The first kappa shape index (κ1) is 9.72. The molecule has 2 heterocycles. The molecule has 0 spiro atoms. The molecular weight excluding hydrogens is 196 g/mol. The van der Waals surface area contributed by atoms with Crippen LogP contribution in [0, 0.1) is 11.3 Å². The Kier molecular flexibility index (Phi) is 2.32. The van der Waals surface area contributed by atoms with E-state index in [0.717, 1.165) is 6.42 Å². The first-order valence-electron chi connectivity index (χ1n) is 6.15. The van der Waals surface area contributed by atoms with Gasteiger partial charge in [-0.15, -0.1) is 0 Å². The van der Waals surface area contributed by atoms with Gasteiger partial charge in [-0.25, -0.2) is 0 Å². The molecule has 1 aromatic rings. The van der Waals surface area contributed by atoms with Gasteiger partial charge in [0.2, 0.25) is 0 Å². The number of hydrogen-bond acceptors (Lipinski definition) is 2. The monoisotopic (exact) mass is 212 g/mol. The van der Waals surface area contributed by atoms with E-state index >= 15 is 0 Å². The number of nitriles is 1. The average molecular weight is 212 g/mol. The normalized spacial score (nSPS) is 17.1. The second-order valence-electron chi connectivity index (χ2n) is 4.76. The van der Waals surface area contributed by atoms with Crippen LogP contribution < -0.4 is 4.90 Å². The summed E-state index contributed by atoms with van der Waals surface area (Å²) >= 11 is 0. The topological polar surface area (TPSA) is 27.0 Å². The second-order valence-corrected chi connectivity index (χ2v) is 4.76. The van der Waals surface area contributed by atoms with Crippen molar-refractivity contribution in [3.63, 3.8) is 0 Å². The molecule has 0 fully saturated rings. The van der Waals surface area contributed by atoms with Crippen LogP contribution in [0.15, 0.2) is 12.1 Å². The summed E-state index contributed by atoms with van der Waals surface area (Å²) in [5.74, 6) is 0. The van der Waals surface area contributed by atoms with Crippen LogP contribution in [0.2, 0.25) is 0 Å². The van der Waals surface area contributed by atoms with Crippen LogP contribution in [0.5, 0.6) is 0 Å². The Morgan fingerprint density at radius 1 is 1.19 bits per heavy atom. The molecular formula is C14H16N2. The van der Waals surface area contributed by atoms with Gasteiger partial charge in [0.25, 0.3) is 0 Å². The smallest absolute Gasteiger partial charge is 0.0625 e. The molecule has 0 radical (unpaired) electrons. The van der Waals surface area contributed by atoms with Crippen molar-refractivity contribution in [1.82, 2.24) is 0 Å². The van der Waals surface area contributed by atoms with E-state index in [1.165, 1.54) is 54.7 Å². The molecule has 1 aromatic carbocycles. The standard InChI is InChI=1S/C14H16N2/c15-6-1-3-11-9-12-4-2-7-16-8-5-13(10-11)14(12)16/h9-10H,1-5,7-8H2. The zero-order valence-electron chi connectivity index (χ0n) is 9.50. The van der Waals surface area contributed by atoms with Crippen molar-refractivity contribution in [2.24, 2.45) is 0 Å². The summed E-state index contributed by atoms with van der Waals surface area (Å²) in [5.41, 5.74) is 5.92. The van der Waals surface area contributed by atoms with E-state index in [0.29, 0.717) is 6.42 Å². The fourth-order valence-corrected chi connectivity index (χ4v) is 3.02. The van der Waals surface area contributed by atoms with Crippen molar-refractivity contribution in [1.29, 1.82) is 5.26 Å². The number of rotatable bonds is 2. The minimum absolute atomic E-state index is 0.641. The molecule has 82 valence electrons. The molecule has 2 aliphatic heterocycles. The number of hydrogen-bond donors (Lipinski definition) is 0. The first-order chi connectivity index (χ1) is 7.88. The van der Waals surface area contributed by atoms with Gasteiger partial charge in [-0.1, -0.05) is 12.1 Å². The van der Waals surface area contributed by atoms with Crippen molar-refractivity contribution in [3.05, 3.63) is 28.8 Å². The number of aryl methyl sites for hydroxylation is 2. The molecule has 16 heavy (non-hydrogen) atoms. The Morgan fingerprint density at radius 3 is 2.81 bits per heavy atom. The maximum Gasteiger partial charge on any atom is 0.0625 e. The molecule has 0 saturated carbocycles. The molecule has 0 aromatic heterocycles. The summed E-state index contributed by atoms with van der Waals surface area (Å²) in [6.07, 6.45) is 5.26. The van der Waals surface area contributed by atoms with E-state index in [1.54, 1.807) is 0 Å². The predicted octanol–water partition coefficient (Wildman–Crippen LogP) is 2.45. The Balaban J connectivity index is 1.99. The minimum atomic E-state index is 0.641. The fourth-order valence-electron chi connectivity index (χ4n) is 3.02. The molecule has 0 bridgehead atoms. The van der Waals surface area contributed by atoms with Crippen LogP contribution in [0.25, 0.3) is 0 Å². The van der Waals surface area contributed by atoms with E-state index in [9.17, 15) is 0 Å². The Hall–Kier alpha value is -1.49. The van der Waals surface area contributed by atoms with Crippen LogP contribution >= 0.6 is 0 Å². The molecule has 0 amide bonds. The lowest BCUT2D eigenvalue weighted by atomic mass is 9.95. The van der Waals surface area contributed by atoms with Crippen LogP contribution in [0.1, 0.15) is 29.5 Å². The van der Waals surface area contributed by atoms with E-state index in [1.807, 2.05) is 0 Å². The molecule has 0 aliphatic carbocycles. The summed E-state index contributed by atoms with van der Waals surface area (Å²) in [4.78, 5) is 2.53. The van der Waals surface area contributed by atoms with Gasteiger partial charge in [0.15, 0.2) is 0 Å². The molecule has 3 rings (SSSR count). The van der Waals surface area contributed by atoms with Crippen molar-refractivity contribution in [2.45, 2.75) is 32.1 Å². The molecule has 2 heteroatoms. The quantitative estimate of drug-likeness (QED) is 0.753. The van der Waals surface area contributed by atoms with Gasteiger partial charge in [-0.05, 0) is 42.4 Å². The molecule has 0 N–H and O–H groups in total. The van der Waals surface area contributed by atoms with Gasteiger partial charge < -0.3 is 4.90 Å². The van der Waals surface area contributed by atoms with Gasteiger partial charge in [-0.2, -0.15) is 5.26 Å². The molecule has 2 aliphatic rings. The molecule has 0 atom stereocenters. The third-order valence-corrected chi connectivity index (χ3v) is 3.69. The Labute approximate surface area is 96.5 Å². The Bertz CT molecular complexity index is 457. The zero-order valence-corrected chi connectivity index (χ0v) is 9.50. The van der Waals surface area contributed by atoms with Gasteiger partial charge in [0.05, 0.1) is 6.07 Å². The summed E-state index contributed by atoms with van der Waals surface area (Å²) < 4.78 is 0. The molecule has 2 nitrogen and oxygen atoms in total. The summed E-state index contributed by atoms with van der Waals surface area (Å²) in [6.45, 7) is 2.43. The third kappa shape index (κ3) is 1.48. The zero-order chi connectivity index (χ0) is 11.0. The van der Waals surface area contributed by atoms with Crippen LogP contribution in [-0.4, -0.2) is 13.1 Å². The lowest BCUT2D eigenvalue weighted by Gasteiger charge is -2.27. The SMILES string of the molecule is N#CCCc1cc2c3c(c1)CCN3CCC2. The maximum absolute atomic E-state index is 8.64. The molecule has 0 unspecified atom stereocenters. The summed E-state index contributed by atoms with van der Waals surface area (Å²) in [6, 6.07) is 6.88. The fraction of sp³-hybridized carbons (Fsp3) is 0.500. The summed E-state index contributed by atoms with van der Waals surface area (Å²) in [5, 5.41) is 8.64. The highest BCUT2D eigenvalue weighted by Gasteiger charge is 2.25. The van der Waals surface area contributed by atoms with Gasteiger partial charge >= 0.3 is 0 Å². The van der Waals surface area contributed by atoms with E-state index in [2.05, 4.69) is 23.1 Å². The van der Waals surface area contributed by atoms with Crippen molar-refractivity contribution < 1.29 is 0 Å². The van der Waals surface area contributed by atoms with Crippen LogP contribution in [0.4, 0.5) is 5.69 Å². The number of anilines is 1. The first-order valence-corrected chi connectivity index (χ1v) is 6.15. The Morgan fingerprint density at radius 2 is 2.00 bits per heavy atom.